The van der Waals surface area contributed by atoms with Crippen molar-refractivity contribution in [1.82, 2.24) is 0 Å². The fourth-order valence-corrected chi connectivity index (χ4v) is 1.72. The number of hydrogen-bond donors (Lipinski definition) is 1. The van der Waals surface area contributed by atoms with Crippen LogP contribution in [0, 0.1) is 0 Å². The number of halogens is 1. The van der Waals surface area contributed by atoms with Crippen LogP contribution in [0.5, 0.6) is 0 Å². The monoisotopic (exact) mass is 212 g/mol. The molecule has 0 unspecified atom stereocenters. The number of hydrogen-bond acceptors (Lipinski definition) is 2. The van der Waals surface area contributed by atoms with Crippen LogP contribution in [0.1, 0.15) is 20.8 Å². The van der Waals surface area contributed by atoms with E-state index in [0.29, 0.717) is 16.8 Å². The van der Waals surface area contributed by atoms with Crippen LogP contribution in [0.3, 0.4) is 0 Å². The van der Waals surface area contributed by atoms with Gasteiger partial charge in [0.2, 0.25) is 0 Å². The first-order valence-corrected chi connectivity index (χ1v) is 5.25. The quantitative estimate of drug-likeness (QED) is 0.780. The molecule has 0 aromatic heterocycles. The van der Waals surface area contributed by atoms with Crippen molar-refractivity contribution >= 4 is 23.0 Å². The van der Waals surface area contributed by atoms with Gasteiger partial charge in [-0.1, -0.05) is 11.6 Å². The van der Waals surface area contributed by atoms with Gasteiger partial charge in [0.1, 0.15) is 0 Å². The number of nitrogen functional groups attached to an aromatic ring is 1. The van der Waals surface area contributed by atoms with Crippen molar-refractivity contribution in [3.05, 3.63) is 23.2 Å². The van der Waals surface area contributed by atoms with E-state index in [1.165, 1.54) is 0 Å². The average Bonchev–Trinajstić information content (AvgIpc) is 2.11. The van der Waals surface area contributed by atoms with Crippen LogP contribution in [0.25, 0.3) is 0 Å². The van der Waals surface area contributed by atoms with Gasteiger partial charge in [0.25, 0.3) is 0 Å². The zero-order valence-corrected chi connectivity index (χ0v) is 9.67. The molecular weight excluding hydrogens is 196 g/mol. The Morgan fingerprint density at radius 3 is 2.50 bits per heavy atom. The molecule has 0 atom stereocenters. The van der Waals surface area contributed by atoms with E-state index >= 15 is 0 Å². The van der Waals surface area contributed by atoms with Crippen molar-refractivity contribution in [3.63, 3.8) is 0 Å². The molecule has 2 N–H and O–H groups in total. The van der Waals surface area contributed by atoms with Crippen LogP contribution in [-0.4, -0.2) is 12.6 Å². The van der Waals surface area contributed by atoms with Crippen molar-refractivity contribution in [2.45, 2.75) is 26.8 Å². The molecule has 0 amide bonds. The highest BCUT2D eigenvalue weighted by Gasteiger charge is 2.09. The summed E-state index contributed by atoms with van der Waals surface area (Å²) in [6.07, 6.45) is 0. The Labute approximate surface area is 90.7 Å². The molecule has 0 saturated carbocycles. The Balaban J connectivity index is 3.00. The molecule has 3 heteroatoms. The van der Waals surface area contributed by atoms with Crippen LogP contribution in [0.2, 0.25) is 5.02 Å². The minimum absolute atomic E-state index is 0.472. The third kappa shape index (κ3) is 2.32. The van der Waals surface area contributed by atoms with E-state index in [1.807, 2.05) is 18.2 Å². The number of anilines is 2. The van der Waals surface area contributed by atoms with Gasteiger partial charge in [0.15, 0.2) is 0 Å². The Morgan fingerprint density at radius 1 is 1.43 bits per heavy atom. The van der Waals surface area contributed by atoms with E-state index in [1.54, 1.807) is 0 Å². The van der Waals surface area contributed by atoms with Crippen molar-refractivity contribution in [3.8, 4) is 0 Å². The zero-order chi connectivity index (χ0) is 10.7. The van der Waals surface area contributed by atoms with Crippen LogP contribution in [0.15, 0.2) is 18.2 Å². The summed E-state index contributed by atoms with van der Waals surface area (Å²) in [4.78, 5) is 2.27. The first-order chi connectivity index (χ1) is 6.56. The Bertz CT molecular complexity index is 310. The van der Waals surface area contributed by atoms with Gasteiger partial charge in [-0.3, -0.25) is 0 Å². The minimum Gasteiger partial charge on any atom is -0.398 e. The largest absolute Gasteiger partial charge is 0.398 e. The molecule has 0 aliphatic rings. The van der Waals surface area contributed by atoms with E-state index in [0.717, 1.165) is 12.2 Å². The third-order valence-electron chi connectivity index (χ3n) is 2.28. The lowest BCUT2D eigenvalue weighted by Gasteiger charge is -2.27. The van der Waals surface area contributed by atoms with Gasteiger partial charge < -0.3 is 10.6 Å². The molecular formula is C11H17ClN2. The molecule has 0 aliphatic carbocycles. The van der Waals surface area contributed by atoms with Gasteiger partial charge in [-0.2, -0.15) is 0 Å². The summed E-state index contributed by atoms with van der Waals surface area (Å²) in [7, 11) is 0. The lowest BCUT2D eigenvalue weighted by molar-refractivity contribution is 0.704. The van der Waals surface area contributed by atoms with Crippen molar-refractivity contribution in [2.75, 3.05) is 17.2 Å². The predicted octanol–water partition coefficient (Wildman–Crippen LogP) is 3.16. The van der Waals surface area contributed by atoms with E-state index in [9.17, 15) is 0 Å². The Morgan fingerprint density at radius 2 is 2.07 bits per heavy atom. The van der Waals surface area contributed by atoms with Crippen molar-refractivity contribution in [2.24, 2.45) is 0 Å². The average molecular weight is 213 g/mol. The molecule has 1 rings (SSSR count). The molecule has 0 aliphatic heterocycles. The molecule has 0 saturated heterocycles. The van der Waals surface area contributed by atoms with Gasteiger partial charge in [-0.25, -0.2) is 0 Å². The number of benzene rings is 1. The highest BCUT2D eigenvalue weighted by molar-refractivity contribution is 6.33. The van der Waals surface area contributed by atoms with Crippen molar-refractivity contribution in [1.29, 1.82) is 0 Å². The third-order valence-corrected chi connectivity index (χ3v) is 2.61. The van der Waals surface area contributed by atoms with Crippen LogP contribution in [0.4, 0.5) is 11.4 Å². The first-order valence-electron chi connectivity index (χ1n) is 4.88. The smallest absolute Gasteiger partial charge is 0.0656 e. The topological polar surface area (TPSA) is 29.3 Å². The highest BCUT2D eigenvalue weighted by Crippen LogP contribution is 2.26. The maximum Gasteiger partial charge on any atom is 0.0656 e. The first kappa shape index (κ1) is 11.2. The molecule has 78 valence electrons. The van der Waals surface area contributed by atoms with Crippen LogP contribution >= 0.6 is 11.6 Å². The fourth-order valence-electron chi connectivity index (χ4n) is 1.54. The SMILES string of the molecule is CCN(c1ccc(N)c(Cl)c1)C(C)C. The second-order valence-corrected chi connectivity index (χ2v) is 3.99. The van der Waals surface area contributed by atoms with Crippen LogP contribution in [-0.2, 0) is 0 Å². The number of nitrogens with zero attached hydrogens (tertiary/aromatic N) is 1. The molecule has 0 bridgehead atoms. The summed E-state index contributed by atoms with van der Waals surface area (Å²) < 4.78 is 0. The molecule has 0 heterocycles. The molecule has 2 nitrogen and oxygen atoms in total. The maximum atomic E-state index is 5.97. The van der Waals surface area contributed by atoms with Crippen molar-refractivity contribution < 1.29 is 0 Å². The van der Waals surface area contributed by atoms with Gasteiger partial charge in [-0.15, -0.1) is 0 Å². The molecule has 1 aromatic carbocycles. The minimum atomic E-state index is 0.472. The summed E-state index contributed by atoms with van der Waals surface area (Å²) in [6.45, 7) is 7.42. The van der Waals surface area contributed by atoms with E-state index in [4.69, 9.17) is 17.3 Å². The fraction of sp³-hybridized carbons (Fsp3) is 0.455. The summed E-state index contributed by atoms with van der Waals surface area (Å²) in [5.41, 5.74) is 7.42. The summed E-state index contributed by atoms with van der Waals surface area (Å²) in [5, 5.41) is 0.626. The van der Waals surface area contributed by atoms with E-state index < -0.39 is 0 Å². The highest BCUT2D eigenvalue weighted by atomic mass is 35.5. The summed E-state index contributed by atoms with van der Waals surface area (Å²) in [5.74, 6) is 0. The molecule has 0 spiro atoms. The Kier molecular flexibility index (Phi) is 3.64. The van der Waals surface area contributed by atoms with Gasteiger partial charge in [0.05, 0.1) is 10.7 Å². The normalized spacial score (nSPS) is 10.6. The van der Waals surface area contributed by atoms with Crippen LogP contribution < -0.4 is 10.6 Å². The predicted molar refractivity (Wildman–Crippen MR) is 64.0 cm³/mol. The molecule has 1 aromatic rings. The maximum absolute atomic E-state index is 5.97. The zero-order valence-electron chi connectivity index (χ0n) is 8.92. The number of rotatable bonds is 3. The van der Waals surface area contributed by atoms with Gasteiger partial charge in [-0.05, 0) is 39.0 Å². The van der Waals surface area contributed by atoms with Gasteiger partial charge in [0, 0.05) is 18.3 Å². The molecule has 0 fully saturated rings. The second-order valence-electron chi connectivity index (χ2n) is 3.59. The van der Waals surface area contributed by atoms with Gasteiger partial charge >= 0.3 is 0 Å². The van der Waals surface area contributed by atoms with E-state index in [-0.39, 0.29) is 0 Å². The number of nitrogens with two attached hydrogens (primary N) is 1. The summed E-state index contributed by atoms with van der Waals surface area (Å²) in [6, 6.07) is 6.24. The lowest BCUT2D eigenvalue weighted by Crippen LogP contribution is -2.30. The van der Waals surface area contributed by atoms with E-state index in [2.05, 4.69) is 25.7 Å². The summed E-state index contributed by atoms with van der Waals surface area (Å²) >= 11 is 5.97. The second kappa shape index (κ2) is 4.56. The molecule has 0 radical (unpaired) electrons. The Hall–Kier alpha value is -0.890. The lowest BCUT2D eigenvalue weighted by atomic mass is 10.2. The molecule has 14 heavy (non-hydrogen) atoms. The standard InChI is InChI=1S/C11H17ClN2/c1-4-14(8(2)3)9-5-6-11(13)10(12)7-9/h5-8H,4,13H2,1-3H3.